The van der Waals surface area contributed by atoms with Crippen molar-refractivity contribution in [3.63, 3.8) is 0 Å². The number of aliphatic carboxylic acids is 1. The summed E-state index contributed by atoms with van der Waals surface area (Å²) in [6, 6.07) is -4.93. The van der Waals surface area contributed by atoms with Crippen molar-refractivity contribution in [2.75, 3.05) is 18.6 Å². The van der Waals surface area contributed by atoms with E-state index in [2.05, 4.69) is 16.0 Å². The van der Waals surface area contributed by atoms with Crippen LogP contribution >= 0.6 is 11.8 Å². The molecule has 0 aromatic heterocycles. The SMILES string of the molecule is CSCCC(NC(=O)C(CC(N)=O)NC(=O)C(N)CCCCN)C(=O)NC(CCC(N)=O)C(=O)O. The number of primary amides is 2. The lowest BCUT2D eigenvalue weighted by Crippen LogP contribution is -2.57. The predicted octanol–water partition coefficient (Wildman–Crippen LogP) is -3.12. The van der Waals surface area contributed by atoms with Crippen LogP contribution in [-0.4, -0.2) is 83.3 Å². The maximum absolute atomic E-state index is 12.9. The normalized spacial score (nSPS) is 14.1. The van der Waals surface area contributed by atoms with Gasteiger partial charge in [-0.3, -0.25) is 24.0 Å². The topological polar surface area (TPSA) is 263 Å². The summed E-state index contributed by atoms with van der Waals surface area (Å²) in [6.07, 6.45) is 2.42. The third-order valence-electron chi connectivity index (χ3n) is 4.88. The summed E-state index contributed by atoms with van der Waals surface area (Å²) in [5.41, 5.74) is 21.5. The number of carbonyl (C=O) groups excluding carboxylic acids is 5. The molecule has 0 aromatic carbocycles. The highest BCUT2D eigenvalue weighted by Crippen LogP contribution is 2.06. The molecule has 4 atom stereocenters. The van der Waals surface area contributed by atoms with Gasteiger partial charge in [0.1, 0.15) is 18.1 Å². The zero-order chi connectivity index (χ0) is 27.0. The minimum Gasteiger partial charge on any atom is -0.480 e. The number of unbranched alkanes of at least 4 members (excludes halogenated alkanes) is 1. The lowest BCUT2D eigenvalue weighted by Gasteiger charge is -2.24. The highest BCUT2D eigenvalue weighted by molar-refractivity contribution is 7.98. The maximum atomic E-state index is 12.9. The number of carbonyl (C=O) groups is 6. The van der Waals surface area contributed by atoms with Crippen LogP contribution in [0, 0.1) is 0 Å². The van der Waals surface area contributed by atoms with Crippen LogP contribution in [0.15, 0.2) is 0 Å². The molecule has 0 radical (unpaired) electrons. The van der Waals surface area contributed by atoms with Crippen molar-refractivity contribution in [2.24, 2.45) is 22.9 Å². The Morgan fingerprint density at radius 3 is 1.89 bits per heavy atom. The van der Waals surface area contributed by atoms with Gasteiger partial charge in [-0.25, -0.2) is 4.79 Å². The van der Waals surface area contributed by atoms with Gasteiger partial charge < -0.3 is 44.0 Å². The molecule has 0 spiro atoms. The van der Waals surface area contributed by atoms with Crippen LogP contribution in [0.5, 0.6) is 0 Å². The summed E-state index contributed by atoms with van der Waals surface area (Å²) in [5, 5.41) is 16.4. The molecule has 0 fully saturated rings. The lowest BCUT2D eigenvalue weighted by molar-refractivity contribution is -0.142. The first-order valence-corrected chi connectivity index (χ1v) is 12.5. The first-order chi connectivity index (χ1) is 16.4. The zero-order valence-corrected chi connectivity index (χ0v) is 20.6. The molecule has 4 unspecified atom stereocenters. The summed E-state index contributed by atoms with van der Waals surface area (Å²) >= 11 is 1.38. The van der Waals surface area contributed by atoms with Gasteiger partial charge in [-0.05, 0) is 44.2 Å². The molecule has 0 bridgehead atoms. The standard InChI is InChI=1S/C20H37N7O7S/c1-35-9-7-12(18(31)26-13(20(33)34)5-6-15(23)28)25-19(32)14(10-16(24)29)27-17(30)11(22)4-2-3-8-21/h11-14H,2-10,21-22H2,1H3,(H2,23,28)(H2,24,29)(H,25,32)(H,26,31)(H,27,30)(H,33,34). The van der Waals surface area contributed by atoms with Crippen LogP contribution in [0.3, 0.4) is 0 Å². The van der Waals surface area contributed by atoms with Crippen LogP contribution in [0.1, 0.15) is 44.9 Å². The third-order valence-corrected chi connectivity index (χ3v) is 5.53. The molecule has 0 aliphatic heterocycles. The van der Waals surface area contributed by atoms with E-state index in [0.717, 1.165) is 0 Å². The summed E-state index contributed by atoms with van der Waals surface area (Å²) < 4.78 is 0. The predicted molar refractivity (Wildman–Crippen MR) is 130 cm³/mol. The molecule has 35 heavy (non-hydrogen) atoms. The van der Waals surface area contributed by atoms with E-state index >= 15 is 0 Å². The number of amides is 5. The van der Waals surface area contributed by atoms with Gasteiger partial charge in [0.15, 0.2) is 0 Å². The number of rotatable bonds is 19. The molecular weight excluding hydrogens is 482 g/mol. The van der Waals surface area contributed by atoms with Crippen molar-refractivity contribution in [3.05, 3.63) is 0 Å². The van der Waals surface area contributed by atoms with Crippen LogP contribution < -0.4 is 38.9 Å². The van der Waals surface area contributed by atoms with Gasteiger partial charge in [-0.2, -0.15) is 11.8 Å². The Kier molecular flexibility index (Phi) is 16.1. The van der Waals surface area contributed by atoms with E-state index in [4.69, 9.17) is 22.9 Å². The molecule has 15 heteroatoms. The molecule has 200 valence electrons. The third kappa shape index (κ3) is 14.2. The molecule has 0 saturated heterocycles. The molecule has 12 N–H and O–H groups in total. The molecule has 0 heterocycles. The number of nitrogens with one attached hydrogen (secondary N) is 3. The Morgan fingerprint density at radius 2 is 1.37 bits per heavy atom. The van der Waals surface area contributed by atoms with E-state index in [0.29, 0.717) is 31.6 Å². The van der Waals surface area contributed by atoms with Gasteiger partial charge in [0.25, 0.3) is 0 Å². The smallest absolute Gasteiger partial charge is 0.326 e. The zero-order valence-electron chi connectivity index (χ0n) is 19.8. The van der Waals surface area contributed by atoms with Crippen LogP contribution in [0.4, 0.5) is 0 Å². The van der Waals surface area contributed by atoms with Crippen molar-refractivity contribution < 1.29 is 33.9 Å². The Morgan fingerprint density at radius 1 is 0.800 bits per heavy atom. The Bertz CT molecular complexity index is 753. The number of nitrogens with two attached hydrogens (primary N) is 4. The largest absolute Gasteiger partial charge is 0.480 e. The van der Waals surface area contributed by atoms with Crippen molar-refractivity contribution in [3.8, 4) is 0 Å². The average Bonchev–Trinajstić information content (AvgIpc) is 2.77. The van der Waals surface area contributed by atoms with Crippen molar-refractivity contribution >= 4 is 47.3 Å². The average molecular weight is 520 g/mol. The fourth-order valence-corrected chi connectivity index (χ4v) is 3.39. The fourth-order valence-electron chi connectivity index (χ4n) is 2.92. The number of carboxylic acid groups (broad SMARTS) is 1. The molecule has 5 amide bonds. The van der Waals surface area contributed by atoms with Crippen LogP contribution in [0.2, 0.25) is 0 Å². The number of carboxylic acids is 1. The second-order valence-corrected chi connectivity index (χ2v) is 8.86. The highest BCUT2D eigenvalue weighted by Gasteiger charge is 2.31. The molecule has 0 rings (SSSR count). The van der Waals surface area contributed by atoms with Crippen molar-refractivity contribution in [2.45, 2.75) is 69.1 Å². The molecule has 0 aliphatic rings. The van der Waals surface area contributed by atoms with E-state index in [1.54, 1.807) is 6.26 Å². The summed E-state index contributed by atoms with van der Waals surface area (Å²) in [6.45, 7) is 0.436. The van der Waals surface area contributed by atoms with Crippen molar-refractivity contribution in [1.82, 2.24) is 16.0 Å². The van der Waals surface area contributed by atoms with Crippen molar-refractivity contribution in [1.29, 1.82) is 0 Å². The van der Waals surface area contributed by atoms with Gasteiger partial charge in [0.05, 0.1) is 12.5 Å². The van der Waals surface area contributed by atoms with E-state index < -0.39 is 66.1 Å². The molecule has 0 saturated carbocycles. The first kappa shape index (κ1) is 32.1. The number of hydrogen-bond donors (Lipinski definition) is 8. The Balaban J connectivity index is 5.41. The Labute approximate surface area is 208 Å². The van der Waals surface area contributed by atoms with E-state index in [1.807, 2.05) is 0 Å². The number of hydrogen-bond acceptors (Lipinski definition) is 9. The van der Waals surface area contributed by atoms with Gasteiger partial charge in [-0.15, -0.1) is 0 Å². The molecular formula is C20H37N7O7S. The second kappa shape index (κ2) is 17.5. The monoisotopic (exact) mass is 519 g/mol. The number of thioether (sulfide) groups is 1. The quantitative estimate of drug-likeness (QED) is 0.0795. The van der Waals surface area contributed by atoms with E-state index in [-0.39, 0.29) is 19.3 Å². The minimum atomic E-state index is -1.41. The van der Waals surface area contributed by atoms with E-state index in [1.165, 1.54) is 11.8 Å². The second-order valence-electron chi connectivity index (χ2n) is 7.87. The van der Waals surface area contributed by atoms with E-state index in [9.17, 15) is 33.9 Å². The van der Waals surface area contributed by atoms with Gasteiger partial charge in [-0.1, -0.05) is 6.42 Å². The molecule has 14 nitrogen and oxygen atoms in total. The van der Waals surface area contributed by atoms with Gasteiger partial charge in [0.2, 0.25) is 29.5 Å². The summed E-state index contributed by atoms with van der Waals surface area (Å²) in [5.74, 6) is -4.91. The van der Waals surface area contributed by atoms with Gasteiger partial charge in [0, 0.05) is 6.42 Å². The lowest BCUT2D eigenvalue weighted by atomic mass is 10.1. The minimum absolute atomic E-state index is 0.122. The first-order valence-electron chi connectivity index (χ1n) is 11.1. The van der Waals surface area contributed by atoms with Crippen LogP contribution in [0.25, 0.3) is 0 Å². The molecule has 0 aromatic rings. The summed E-state index contributed by atoms with van der Waals surface area (Å²) in [4.78, 5) is 71.9. The summed E-state index contributed by atoms with van der Waals surface area (Å²) in [7, 11) is 0. The highest BCUT2D eigenvalue weighted by atomic mass is 32.2. The maximum Gasteiger partial charge on any atom is 0.326 e. The Hall–Kier alpha value is -2.91. The van der Waals surface area contributed by atoms with Crippen LogP contribution in [-0.2, 0) is 28.8 Å². The fraction of sp³-hybridized carbons (Fsp3) is 0.700. The van der Waals surface area contributed by atoms with Gasteiger partial charge >= 0.3 is 5.97 Å². The molecule has 0 aliphatic carbocycles.